The molecule has 2 unspecified atom stereocenters. The Hall–Kier alpha value is -2.61. The molecule has 4 fully saturated rings. The van der Waals surface area contributed by atoms with Crippen molar-refractivity contribution >= 4 is 34.9 Å². The van der Waals surface area contributed by atoms with Crippen molar-refractivity contribution in [2.45, 2.75) is 63.1 Å². The molecule has 198 valence electrons. The number of hydrogen-bond donors (Lipinski definition) is 1. The normalized spacial score (nSPS) is 24.1. The molecule has 3 saturated heterocycles. The Morgan fingerprint density at radius 3 is 2.39 bits per heavy atom. The van der Waals surface area contributed by atoms with Crippen molar-refractivity contribution in [1.29, 1.82) is 0 Å². The number of likely N-dealkylation sites (tertiary alicyclic amines) is 1. The molecule has 6 nitrogen and oxygen atoms in total. The first-order valence-electron chi connectivity index (χ1n) is 13.3. The first kappa shape index (κ1) is 24.4. The molecular weight excluding hydrogens is 528 g/mol. The van der Waals surface area contributed by atoms with E-state index in [-0.39, 0.29) is 28.9 Å². The number of benzene rings is 2. The van der Waals surface area contributed by atoms with E-state index in [0.29, 0.717) is 21.7 Å². The first-order chi connectivity index (χ1) is 18.3. The predicted octanol–water partition coefficient (Wildman–Crippen LogP) is 7.00. The summed E-state index contributed by atoms with van der Waals surface area (Å²) in [4.78, 5) is 16.1. The highest BCUT2D eigenvalue weighted by atomic mass is 35.5. The average Bonchev–Trinajstić information content (AvgIpc) is 3.57. The smallest absolute Gasteiger partial charge is 0.335 e. The van der Waals surface area contributed by atoms with Gasteiger partial charge in [-0.05, 0) is 74.3 Å². The average molecular weight is 556 g/mol. The van der Waals surface area contributed by atoms with Gasteiger partial charge < -0.3 is 14.5 Å². The number of aromatic nitrogens is 1. The second-order valence-electron chi connectivity index (χ2n) is 11.6. The van der Waals surface area contributed by atoms with Crippen LogP contribution in [-0.4, -0.2) is 46.3 Å². The number of carboxylic acids is 1. The third-order valence-electron chi connectivity index (χ3n) is 8.89. The molecule has 9 heteroatoms. The summed E-state index contributed by atoms with van der Waals surface area (Å²) in [6.45, 7) is 2.68. The molecule has 1 aliphatic carbocycles. The summed E-state index contributed by atoms with van der Waals surface area (Å²) in [5.41, 5.74) is 3.32. The predicted molar refractivity (Wildman–Crippen MR) is 144 cm³/mol. The number of piperidine rings is 1. The highest BCUT2D eigenvalue weighted by Gasteiger charge is 2.54. The highest BCUT2D eigenvalue weighted by Crippen LogP contribution is 2.53. The molecule has 1 spiro atoms. The van der Waals surface area contributed by atoms with Crippen molar-refractivity contribution < 1.29 is 18.8 Å². The number of carbonyl (C=O) groups is 1. The Labute approximate surface area is 230 Å². The van der Waals surface area contributed by atoms with Gasteiger partial charge in [-0.15, -0.1) is 0 Å². The second-order valence-corrected chi connectivity index (χ2v) is 12.4. The lowest BCUT2D eigenvalue weighted by atomic mass is 9.69. The fourth-order valence-corrected chi connectivity index (χ4v) is 7.82. The van der Waals surface area contributed by atoms with Gasteiger partial charge in [0.1, 0.15) is 17.3 Å². The van der Waals surface area contributed by atoms with Gasteiger partial charge in [-0.1, -0.05) is 34.4 Å². The van der Waals surface area contributed by atoms with Crippen LogP contribution in [0, 0.1) is 11.2 Å². The standard InChI is InChI=1S/C29H28Cl2FN3O3/c30-21-2-1-3-22(31)25(21)26-20(27(38-33-26)16-4-5-16)13-34-14-29(15-34)11-18-7-8-19(12-29)35(18)24-10-17(28(36)37)6-9-23(24)32/h1-3,6,9-10,16,18-19H,4-5,7-8,11-15H2,(H,36,37). The van der Waals surface area contributed by atoms with Crippen molar-refractivity contribution in [2.24, 2.45) is 5.41 Å². The number of rotatable bonds is 6. The van der Waals surface area contributed by atoms with Crippen LogP contribution in [0.25, 0.3) is 11.3 Å². The Morgan fingerprint density at radius 2 is 1.76 bits per heavy atom. The monoisotopic (exact) mass is 555 g/mol. The van der Waals surface area contributed by atoms with Gasteiger partial charge in [-0.3, -0.25) is 4.90 Å². The summed E-state index contributed by atoms with van der Waals surface area (Å²) >= 11 is 13.1. The van der Waals surface area contributed by atoms with Gasteiger partial charge in [0, 0.05) is 48.8 Å². The molecule has 0 radical (unpaired) electrons. The van der Waals surface area contributed by atoms with Crippen molar-refractivity contribution in [3.63, 3.8) is 0 Å². The van der Waals surface area contributed by atoms with E-state index >= 15 is 0 Å². The molecule has 2 atom stereocenters. The third kappa shape index (κ3) is 4.02. The third-order valence-corrected chi connectivity index (χ3v) is 9.52. The summed E-state index contributed by atoms with van der Waals surface area (Å²) < 4.78 is 20.7. The highest BCUT2D eigenvalue weighted by molar-refractivity contribution is 6.39. The van der Waals surface area contributed by atoms with Gasteiger partial charge in [-0.2, -0.15) is 0 Å². The van der Waals surface area contributed by atoms with Gasteiger partial charge in [0.05, 0.1) is 21.3 Å². The molecule has 1 N–H and O–H groups in total. The lowest BCUT2D eigenvalue weighted by Gasteiger charge is -2.57. The summed E-state index contributed by atoms with van der Waals surface area (Å²) in [5, 5.41) is 15.0. The van der Waals surface area contributed by atoms with E-state index in [0.717, 1.165) is 80.7 Å². The quantitative estimate of drug-likeness (QED) is 0.353. The molecule has 38 heavy (non-hydrogen) atoms. The minimum atomic E-state index is -1.03. The molecule has 1 aromatic heterocycles. The van der Waals surface area contributed by atoms with Crippen LogP contribution in [-0.2, 0) is 6.54 Å². The van der Waals surface area contributed by atoms with Crippen LogP contribution in [0.1, 0.15) is 66.1 Å². The molecule has 3 aromatic rings. The SMILES string of the molecule is O=C(O)c1ccc(F)c(N2C3CCC2CC2(C3)CN(Cc3c(-c4c(Cl)cccc4Cl)noc3C3CC3)C2)c1. The lowest BCUT2D eigenvalue weighted by molar-refractivity contribution is -0.0352. The van der Waals surface area contributed by atoms with Crippen LogP contribution in [0.4, 0.5) is 10.1 Å². The van der Waals surface area contributed by atoms with E-state index in [1.807, 2.05) is 18.2 Å². The van der Waals surface area contributed by atoms with Crippen molar-refractivity contribution in [3.8, 4) is 11.3 Å². The van der Waals surface area contributed by atoms with Crippen LogP contribution in [0.5, 0.6) is 0 Å². The van der Waals surface area contributed by atoms with Crippen LogP contribution >= 0.6 is 23.2 Å². The molecule has 3 aliphatic heterocycles. The Morgan fingerprint density at radius 1 is 1.08 bits per heavy atom. The van der Waals surface area contributed by atoms with Gasteiger partial charge in [-0.25, -0.2) is 9.18 Å². The fraction of sp³-hybridized carbons (Fsp3) is 0.448. The Balaban J connectivity index is 1.10. The summed E-state index contributed by atoms with van der Waals surface area (Å²) in [6, 6.07) is 10.1. The maximum atomic E-state index is 14.8. The maximum absolute atomic E-state index is 14.8. The molecule has 1 saturated carbocycles. The lowest BCUT2D eigenvalue weighted by Crippen LogP contribution is -2.62. The number of halogens is 3. The summed E-state index contributed by atoms with van der Waals surface area (Å²) in [6.07, 6.45) is 6.21. The Kier molecular flexibility index (Phi) is 5.77. The van der Waals surface area contributed by atoms with Crippen molar-refractivity contribution in [1.82, 2.24) is 10.1 Å². The zero-order chi connectivity index (χ0) is 26.2. The van der Waals surface area contributed by atoms with Gasteiger partial charge >= 0.3 is 5.97 Å². The molecule has 2 aromatic carbocycles. The maximum Gasteiger partial charge on any atom is 0.335 e. The van der Waals surface area contributed by atoms with E-state index in [1.165, 1.54) is 18.2 Å². The molecule has 0 amide bonds. The van der Waals surface area contributed by atoms with Gasteiger partial charge in [0.25, 0.3) is 0 Å². The second kappa shape index (κ2) is 8.97. The van der Waals surface area contributed by atoms with Crippen molar-refractivity contribution in [3.05, 3.63) is 69.1 Å². The topological polar surface area (TPSA) is 69.8 Å². The number of aromatic carboxylic acids is 1. The number of fused-ring (bicyclic) bond motifs is 2. The molecule has 7 rings (SSSR count). The summed E-state index contributed by atoms with van der Waals surface area (Å²) in [5.74, 6) is 0.00119. The largest absolute Gasteiger partial charge is 0.478 e. The van der Waals surface area contributed by atoms with E-state index in [9.17, 15) is 14.3 Å². The first-order valence-corrected chi connectivity index (χ1v) is 14.0. The number of hydrogen-bond acceptors (Lipinski definition) is 5. The van der Waals surface area contributed by atoms with E-state index in [1.54, 1.807) is 0 Å². The van der Waals surface area contributed by atoms with Gasteiger partial charge in [0.15, 0.2) is 0 Å². The van der Waals surface area contributed by atoms with Crippen molar-refractivity contribution in [2.75, 3.05) is 18.0 Å². The Bertz CT molecular complexity index is 1400. The number of anilines is 1. The van der Waals surface area contributed by atoms with Crippen LogP contribution < -0.4 is 4.90 Å². The minimum Gasteiger partial charge on any atom is -0.478 e. The molecule has 4 heterocycles. The van der Waals surface area contributed by atoms with E-state index in [4.69, 9.17) is 27.7 Å². The van der Waals surface area contributed by atoms with Gasteiger partial charge in [0.2, 0.25) is 0 Å². The zero-order valence-electron chi connectivity index (χ0n) is 20.8. The molecule has 2 bridgehead atoms. The zero-order valence-corrected chi connectivity index (χ0v) is 22.3. The van der Waals surface area contributed by atoms with Crippen LogP contribution in [0.15, 0.2) is 40.9 Å². The minimum absolute atomic E-state index is 0.130. The number of nitrogens with zero attached hydrogens (tertiary/aromatic N) is 3. The van der Waals surface area contributed by atoms with E-state index in [2.05, 4.69) is 15.0 Å². The van der Waals surface area contributed by atoms with Crippen LogP contribution in [0.3, 0.4) is 0 Å². The fourth-order valence-electron chi connectivity index (χ4n) is 7.24. The summed E-state index contributed by atoms with van der Waals surface area (Å²) in [7, 11) is 0. The number of carboxylic acid groups (broad SMARTS) is 1. The molecule has 4 aliphatic rings. The van der Waals surface area contributed by atoms with Crippen LogP contribution in [0.2, 0.25) is 10.0 Å². The molecular formula is C29H28Cl2FN3O3. The van der Waals surface area contributed by atoms with E-state index < -0.39 is 5.97 Å².